The summed E-state index contributed by atoms with van der Waals surface area (Å²) in [5, 5.41) is 12.7. The zero-order valence-corrected chi connectivity index (χ0v) is 26.0. The molecule has 44 heavy (non-hydrogen) atoms. The minimum Gasteiger partial charge on any atom is -0.425 e. The van der Waals surface area contributed by atoms with Crippen molar-refractivity contribution in [2.24, 2.45) is 5.92 Å². The number of nitrogens with zero attached hydrogens (tertiary/aromatic N) is 7. The smallest absolute Gasteiger partial charge is 0.425 e. The molecule has 0 saturated carbocycles. The van der Waals surface area contributed by atoms with Gasteiger partial charge in [-0.3, -0.25) is 9.69 Å². The number of hydrogen-bond acceptors (Lipinski definition) is 7. The van der Waals surface area contributed by atoms with Crippen molar-refractivity contribution in [1.82, 2.24) is 34.0 Å². The minimum absolute atomic E-state index is 0. The largest absolute Gasteiger partial charge is 2.00 e. The maximum Gasteiger partial charge on any atom is 2.00 e. The predicted molar refractivity (Wildman–Crippen MR) is 150 cm³/mol. The third-order valence-corrected chi connectivity index (χ3v) is 6.79. The van der Waals surface area contributed by atoms with E-state index in [1.807, 2.05) is 80.0 Å². The number of amides is 1. The van der Waals surface area contributed by atoms with Crippen LogP contribution in [0.25, 0.3) is 0 Å². The Morgan fingerprint density at radius 3 is 1.86 bits per heavy atom. The van der Waals surface area contributed by atoms with Gasteiger partial charge in [-0.25, -0.2) is 20.1 Å². The van der Waals surface area contributed by atoms with Crippen LogP contribution in [0.3, 0.4) is 0 Å². The second-order valence-corrected chi connectivity index (χ2v) is 9.18. The Bertz CT molecular complexity index is 1330. The van der Waals surface area contributed by atoms with Crippen molar-refractivity contribution in [2.45, 2.75) is 32.0 Å². The number of piperidine rings is 1. The number of ether oxygens (including phenoxy) is 2. The Morgan fingerprint density at radius 2 is 1.43 bits per heavy atom. The summed E-state index contributed by atoms with van der Waals surface area (Å²) in [4.78, 5) is 26.1. The van der Waals surface area contributed by atoms with Crippen LogP contribution in [-0.4, -0.2) is 72.2 Å². The first-order valence-electron chi connectivity index (χ1n) is 13.0. The standard InChI is InChI=1S/C18H20NO4.C9H9BN6.2CO.Mo/c1-12(20)14-10-16-17(22-2)9-8-15(14)19(16)18(21)23-11-13-6-4-3-5-7-13;1-4-11-14(7-1)10(15-8-2-5-12-15)16-9-3-6-13-16;2*1-2;/h3-9,14-16H,10-11H2,1-2H3;1-9H;;;/q;-1;;;+2/t14-,15-,16+;;;;/m1..../s1. The molecule has 6 rings (SSSR count). The van der Waals surface area contributed by atoms with Gasteiger partial charge in [0.2, 0.25) is 0 Å². The number of hydrogen-bond donors (Lipinski definition) is 0. The van der Waals surface area contributed by atoms with Crippen LogP contribution >= 0.6 is 0 Å². The van der Waals surface area contributed by atoms with Crippen LogP contribution in [0.15, 0.2) is 85.7 Å². The summed E-state index contributed by atoms with van der Waals surface area (Å²) < 4.78 is 31.2. The van der Waals surface area contributed by atoms with Gasteiger partial charge in [-0.2, -0.15) is 0 Å². The number of rotatable bonds is 7. The molecular formula is C29H29BMoN7O6+. The number of ketones is 1. The van der Waals surface area contributed by atoms with Gasteiger partial charge < -0.3 is 23.3 Å². The van der Waals surface area contributed by atoms with E-state index in [1.165, 1.54) is 0 Å². The third-order valence-electron chi connectivity index (χ3n) is 6.79. The number of carbonyl (C=O) groups is 2. The summed E-state index contributed by atoms with van der Waals surface area (Å²) in [6.07, 6.45) is 15.4. The van der Waals surface area contributed by atoms with Crippen molar-refractivity contribution in [2.75, 3.05) is 7.11 Å². The van der Waals surface area contributed by atoms with E-state index in [0.717, 1.165) is 5.56 Å². The fourth-order valence-electron chi connectivity index (χ4n) is 4.95. The van der Waals surface area contributed by atoms with Crippen molar-refractivity contribution in [1.29, 1.82) is 0 Å². The zero-order valence-electron chi connectivity index (χ0n) is 23.9. The third kappa shape index (κ3) is 8.77. The van der Waals surface area contributed by atoms with Gasteiger partial charge in [0.1, 0.15) is 18.5 Å². The number of benzene rings is 1. The first-order valence-corrected chi connectivity index (χ1v) is 13.0. The van der Waals surface area contributed by atoms with Gasteiger partial charge in [0.05, 0.1) is 6.04 Å². The summed E-state index contributed by atoms with van der Waals surface area (Å²) >= 11 is 0. The van der Waals surface area contributed by atoms with Gasteiger partial charge in [-0.15, -0.1) is 0 Å². The Balaban J connectivity index is 0.000000282. The Labute approximate surface area is 270 Å². The van der Waals surface area contributed by atoms with Crippen LogP contribution in [-0.2, 0) is 51.2 Å². The van der Waals surface area contributed by atoms with E-state index in [4.69, 9.17) is 18.8 Å². The van der Waals surface area contributed by atoms with Crippen molar-refractivity contribution in [3.05, 3.63) is 124 Å². The Morgan fingerprint density at radius 1 is 0.909 bits per heavy atom. The minimum atomic E-state index is -0.411. The molecule has 0 aliphatic carbocycles. The van der Waals surface area contributed by atoms with E-state index in [-0.39, 0.29) is 58.6 Å². The van der Waals surface area contributed by atoms with Crippen LogP contribution in [0.2, 0.25) is 0 Å². The van der Waals surface area contributed by atoms with Gasteiger partial charge in [-0.05, 0) is 62.1 Å². The number of fused-ring (bicyclic) bond motifs is 2. The molecule has 2 bridgehead atoms. The number of aromatic nitrogens is 6. The summed E-state index contributed by atoms with van der Waals surface area (Å²) in [6.45, 7) is 10.8. The zero-order chi connectivity index (χ0) is 31.2. The first kappa shape index (κ1) is 36.2. The normalized spacial score (nSPS) is 18.2. The molecule has 2 saturated heterocycles. The fraction of sp³-hybridized carbons (Fsp3) is 0.241. The molecule has 4 radical (unpaired) electrons. The number of methoxy groups -OCH3 is 1. The van der Waals surface area contributed by atoms with E-state index in [0.29, 0.717) is 12.5 Å². The van der Waals surface area contributed by atoms with Crippen LogP contribution in [0.1, 0.15) is 18.9 Å². The summed E-state index contributed by atoms with van der Waals surface area (Å²) in [6, 6.07) is 14.7. The van der Waals surface area contributed by atoms with E-state index in [9.17, 15) is 9.59 Å². The van der Waals surface area contributed by atoms with Crippen LogP contribution < -0.4 is 0 Å². The summed E-state index contributed by atoms with van der Waals surface area (Å²) in [5.74, 6) is -0.117. The molecule has 15 heteroatoms. The Kier molecular flexibility index (Phi) is 15.3. The second kappa shape index (κ2) is 18.6. The molecule has 1 aromatic carbocycles. The predicted octanol–water partition coefficient (Wildman–Crippen LogP) is 2.70. The molecule has 0 N–H and O–H groups in total. The van der Waals surface area contributed by atoms with Gasteiger partial charge in [0, 0.05) is 44.1 Å². The molecular weight excluding hydrogens is 649 g/mol. The van der Waals surface area contributed by atoms with E-state index < -0.39 is 6.09 Å². The summed E-state index contributed by atoms with van der Waals surface area (Å²) in [5.41, 5.74) is 0.930. The van der Waals surface area contributed by atoms with Gasteiger partial charge in [0.15, 0.2) is 0 Å². The average molecular weight is 678 g/mol. The molecule has 2 fully saturated rings. The van der Waals surface area contributed by atoms with E-state index in [2.05, 4.69) is 28.6 Å². The maximum atomic E-state index is 12.6. The molecule has 2 aliphatic rings. The van der Waals surface area contributed by atoms with Crippen molar-refractivity contribution >= 4 is 19.0 Å². The molecule has 0 spiro atoms. The molecule has 1 amide bonds. The molecule has 224 valence electrons. The fourth-order valence-corrected chi connectivity index (χ4v) is 4.95. The average Bonchev–Trinajstić information content (AvgIpc) is 3.89. The molecule has 2 aliphatic heterocycles. The van der Waals surface area contributed by atoms with E-state index >= 15 is 0 Å². The SMILES string of the molecule is CO[C]1[CH][CH][C@@H]2[C@@H](C(C)=O)C[C@@H]1N2C(=O)OCc1ccccc1.[C-]#[O+].[C-]#[O+].[Mo+2].c1cnn([B-](n2cccn2)n2cccn2)c1. The van der Waals surface area contributed by atoms with Crippen LogP contribution in [0, 0.1) is 38.2 Å². The first-order chi connectivity index (χ1) is 21.1. The molecule has 4 aromatic rings. The molecule has 5 heterocycles. The maximum absolute atomic E-state index is 12.6. The number of Topliss-reactive ketones (excluding diaryl/α,β-unsaturated/α-hetero) is 1. The molecule has 0 unspecified atom stereocenters. The summed E-state index contributed by atoms with van der Waals surface area (Å²) in [7, 11) is 1.38. The quantitative estimate of drug-likeness (QED) is 0.166. The van der Waals surface area contributed by atoms with E-state index in [1.54, 1.807) is 51.3 Å². The van der Waals surface area contributed by atoms with Crippen molar-refractivity contribution < 1.29 is 49.4 Å². The van der Waals surface area contributed by atoms with Crippen molar-refractivity contribution in [3.63, 3.8) is 0 Å². The second-order valence-electron chi connectivity index (χ2n) is 9.18. The molecule has 13 nitrogen and oxygen atoms in total. The van der Waals surface area contributed by atoms with Crippen molar-refractivity contribution in [3.8, 4) is 0 Å². The van der Waals surface area contributed by atoms with Crippen LogP contribution in [0.5, 0.6) is 0 Å². The molecule has 3 aromatic heterocycles. The number of carbonyl (C=O) groups excluding carboxylic acids is 2. The van der Waals surface area contributed by atoms with Gasteiger partial charge in [0.25, 0.3) is 7.12 Å². The Hall–Kier alpha value is -4.02. The van der Waals surface area contributed by atoms with Crippen LogP contribution in [0.4, 0.5) is 4.79 Å². The monoisotopic (exact) mass is 680 g/mol. The topological polar surface area (TPSA) is 149 Å². The van der Waals surface area contributed by atoms with Gasteiger partial charge >= 0.3 is 49.8 Å². The van der Waals surface area contributed by atoms with Gasteiger partial charge in [-0.1, -0.05) is 30.3 Å². The molecule has 3 atom stereocenters.